The molecule has 0 saturated heterocycles. The number of hydrogen-bond donors (Lipinski definition) is 2. The van der Waals surface area contributed by atoms with Crippen molar-refractivity contribution in [2.45, 2.75) is 25.9 Å². The zero-order valence-electron chi connectivity index (χ0n) is 10.00. The highest BCUT2D eigenvalue weighted by Gasteiger charge is 2.27. The van der Waals surface area contributed by atoms with Gasteiger partial charge in [0, 0.05) is 19.6 Å². The summed E-state index contributed by atoms with van der Waals surface area (Å²) < 4.78 is 0. The van der Waals surface area contributed by atoms with Crippen LogP contribution in [0.15, 0.2) is 12.2 Å². The van der Waals surface area contributed by atoms with Crippen LogP contribution in [-0.4, -0.2) is 49.3 Å². The van der Waals surface area contributed by atoms with Crippen LogP contribution >= 0.6 is 0 Å². The van der Waals surface area contributed by atoms with Crippen LogP contribution in [0.5, 0.6) is 0 Å². The van der Waals surface area contributed by atoms with E-state index < -0.39 is 0 Å². The van der Waals surface area contributed by atoms with E-state index in [1.165, 1.54) is 5.57 Å². The van der Waals surface area contributed by atoms with Crippen LogP contribution in [0.4, 0.5) is 0 Å². The van der Waals surface area contributed by atoms with Gasteiger partial charge >= 0.3 is 0 Å². The van der Waals surface area contributed by atoms with Crippen molar-refractivity contribution in [2.24, 2.45) is 5.92 Å². The van der Waals surface area contributed by atoms with Gasteiger partial charge in [0.2, 0.25) is 0 Å². The largest absolute Gasteiger partial charge is 0.393 e. The molecule has 0 heterocycles. The van der Waals surface area contributed by atoms with E-state index in [0.717, 1.165) is 39.0 Å². The summed E-state index contributed by atoms with van der Waals surface area (Å²) in [6.45, 7) is 10.1. The molecular formula is C12H24N2O. The van der Waals surface area contributed by atoms with Crippen LogP contribution in [0.2, 0.25) is 0 Å². The third kappa shape index (κ3) is 4.78. The Kier molecular flexibility index (Phi) is 5.29. The Morgan fingerprint density at radius 2 is 2.20 bits per heavy atom. The fourth-order valence-electron chi connectivity index (χ4n) is 2.09. The highest BCUT2D eigenvalue weighted by Crippen LogP contribution is 2.27. The number of rotatable bonds is 7. The maximum atomic E-state index is 9.18. The van der Waals surface area contributed by atoms with E-state index in [0.29, 0.717) is 5.92 Å². The molecule has 0 aliphatic heterocycles. The van der Waals surface area contributed by atoms with E-state index in [1.807, 2.05) is 0 Å². The van der Waals surface area contributed by atoms with Gasteiger partial charge in [-0.05, 0) is 37.9 Å². The van der Waals surface area contributed by atoms with Gasteiger partial charge in [0.05, 0.1) is 6.10 Å². The molecule has 1 aliphatic carbocycles. The molecule has 2 N–H and O–H groups in total. The summed E-state index contributed by atoms with van der Waals surface area (Å²) >= 11 is 0. The summed E-state index contributed by atoms with van der Waals surface area (Å²) in [4.78, 5) is 2.30. The first-order chi connectivity index (χ1) is 7.11. The second-order valence-corrected chi connectivity index (χ2v) is 4.72. The SMILES string of the molecule is C=C(CNCC)CN(C)CC1CC(O)C1. The predicted molar refractivity (Wildman–Crippen MR) is 63.9 cm³/mol. The summed E-state index contributed by atoms with van der Waals surface area (Å²) in [6.07, 6.45) is 1.92. The molecule has 1 rings (SSSR count). The molecule has 0 aromatic heterocycles. The number of nitrogens with zero attached hydrogens (tertiary/aromatic N) is 1. The minimum atomic E-state index is -0.0339. The lowest BCUT2D eigenvalue weighted by Crippen LogP contribution is -2.38. The van der Waals surface area contributed by atoms with Gasteiger partial charge in [0.25, 0.3) is 0 Å². The minimum absolute atomic E-state index is 0.0339. The first kappa shape index (κ1) is 12.7. The van der Waals surface area contributed by atoms with Gasteiger partial charge in [0.1, 0.15) is 0 Å². The summed E-state index contributed by atoms with van der Waals surface area (Å²) in [7, 11) is 2.13. The molecule has 0 aromatic rings. The van der Waals surface area contributed by atoms with Gasteiger partial charge in [0.15, 0.2) is 0 Å². The van der Waals surface area contributed by atoms with Crippen LogP contribution in [0.25, 0.3) is 0 Å². The maximum absolute atomic E-state index is 9.18. The van der Waals surface area contributed by atoms with Crippen molar-refractivity contribution in [3.8, 4) is 0 Å². The molecule has 0 aromatic carbocycles. The molecule has 15 heavy (non-hydrogen) atoms. The molecule has 0 unspecified atom stereocenters. The third-order valence-corrected chi connectivity index (χ3v) is 2.90. The molecule has 88 valence electrons. The number of hydrogen-bond acceptors (Lipinski definition) is 3. The fourth-order valence-corrected chi connectivity index (χ4v) is 2.09. The highest BCUT2D eigenvalue weighted by atomic mass is 16.3. The lowest BCUT2D eigenvalue weighted by molar-refractivity contribution is 0.0295. The van der Waals surface area contributed by atoms with Gasteiger partial charge in [-0.3, -0.25) is 0 Å². The summed E-state index contributed by atoms with van der Waals surface area (Å²) in [5.41, 5.74) is 1.24. The average Bonchev–Trinajstić information content (AvgIpc) is 2.12. The predicted octanol–water partition coefficient (Wildman–Crippen LogP) is 0.855. The Hall–Kier alpha value is -0.380. The number of likely N-dealkylation sites (N-methyl/N-ethyl adjacent to an activating group) is 2. The molecular weight excluding hydrogens is 188 g/mol. The van der Waals surface area contributed by atoms with Gasteiger partial charge < -0.3 is 15.3 Å². The number of aliphatic hydroxyl groups is 1. The second-order valence-electron chi connectivity index (χ2n) is 4.72. The molecule has 0 radical (unpaired) electrons. The third-order valence-electron chi connectivity index (χ3n) is 2.90. The Bertz CT molecular complexity index is 200. The Morgan fingerprint density at radius 3 is 2.73 bits per heavy atom. The van der Waals surface area contributed by atoms with E-state index >= 15 is 0 Å². The fraction of sp³-hybridized carbons (Fsp3) is 0.833. The highest BCUT2D eigenvalue weighted by molar-refractivity contribution is 4.99. The monoisotopic (exact) mass is 212 g/mol. The molecule has 1 fully saturated rings. The van der Waals surface area contributed by atoms with Gasteiger partial charge in [-0.2, -0.15) is 0 Å². The van der Waals surface area contributed by atoms with Gasteiger partial charge in [-0.1, -0.05) is 13.5 Å². The van der Waals surface area contributed by atoms with Crippen molar-refractivity contribution in [1.82, 2.24) is 10.2 Å². The molecule has 1 saturated carbocycles. The smallest absolute Gasteiger partial charge is 0.0546 e. The van der Waals surface area contributed by atoms with Crippen LogP contribution < -0.4 is 5.32 Å². The molecule has 0 spiro atoms. The van der Waals surface area contributed by atoms with Gasteiger partial charge in [-0.25, -0.2) is 0 Å². The molecule has 3 heteroatoms. The van der Waals surface area contributed by atoms with Crippen LogP contribution in [0.3, 0.4) is 0 Å². The summed E-state index contributed by atoms with van der Waals surface area (Å²) in [5, 5.41) is 12.5. The first-order valence-electron chi connectivity index (χ1n) is 5.85. The van der Waals surface area contributed by atoms with Crippen molar-refractivity contribution in [2.75, 3.05) is 33.2 Å². The molecule has 0 amide bonds. The van der Waals surface area contributed by atoms with E-state index in [2.05, 4.69) is 30.8 Å². The molecule has 0 atom stereocenters. The van der Waals surface area contributed by atoms with Crippen LogP contribution in [0, 0.1) is 5.92 Å². The lowest BCUT2D eigenvalue weighted by Gasteiger charge is -2.34. The summed E-state index contributed by atoms with van der Waals surface area (Å²) in [5.74, 6) is 0.692. The quantitative estimate of drug-likeness (QED) is 0.614. The van der Waals surface area contributed by atoms with Crippen molar-refractivity contribution < 1.29 is 5.11 Å². The number of aliphatic hydroxyl groups excluding tert-OH is 1. The van der Waals surface area contributed by atoms with Crippen molar-refractivity contribution in [3.63, 3.8) is 0 Å². The van der Waals surface area contributed by atoms with E-state index in [1.54, 1.807) is 0 Å². The van der Waals surface area contributed by atoms with Crippen molar-refractivity contribution >= 4 is 0 Å². The lowest BCUT2D eigenvalue weighted by atomic mass is 9.82. The summed E-state index contributed by atoms with van der Waals surface area (Å²) in [6, 6.07) is 0. The van der Waals surface area contributed by atoms with E-state index in [4.69, 9.17) is 0 Å². The van der Waals surface area contributed by atoms with Crippen LogP contribution in [0.1, 0.15) is 19.8 Å². The Balaban J connectivity index is 2.07. The first-order valence-corrected chi connectivity index (χ1v) is 5.85. The van der Waals surface area contributed by atoms with Crippen LogP contribution in [-0.2, 0) is 0 Å². The zero-order valence-corrected chi connectivity index (χ0v) is 10.00. The molecule has 0 bridgehead atoms. The normalized spacial score (nSPS) is 25.3. The van der Waals surface area contributed by atoms with Gasteiger partial charge in [-0.15, -0.1) is 0 Å². The average molecular weight is 212 g/mol. The standard InChI is InChI=1S/C12H24N2O/c1-4-13-7-10(2)8-14(3)9-11-5-12(15)6-11/h11-13,15H,2,4-9H2,1,3H3. The zero-order chi connectivity index (χ0) is 11.3. The minimum Gasteiger partial charge on any atom is -0.393 e. The Morgan fingerprint density at radius 1 is 1.53 bits per heavy atom. The topological polar surface area (TPSA) is 35.5 Å². The van der Waals surface area contributed by atoms with E-state index in [9.17, 15) is 5.11 Å². The maximum Gasteiger partial charge on any atom is 0.0546 e. The number of nitrogens with one attached hydrogen (secondary N) is 1. The van der Waals surface area contributed by atoms with Crippen molar-refractivity contribution in [1.29, 1.82) is 0 Å². The Labute approximate surface area is 93.2 Å². The van der Waals surface area contributed by atoms with E-state index in [-0.39, 0.29) is 6.10 Å². The molecule has 1 aliphatic rings. The second kappa shape index (κ2) is 6.26. The van der Waals surface area contributed by atoms with Crippen molar-refractivity contribution in [3.05, 3.63) is 12.2 Å². The molecule has 3 nitrogen and oxygen atoms in total.